The average Bonchev–Trinajstić information content (AvgIpc) is 3.82. The first-order chi connectivity index (χ1) is 17.1. The van der Waals surface area contributed by atoms with Crippen LogP contribution in [-0.2, 0) is 17.9 Å². The SMILES string of the molecule is O=C(NC1CC1)c1ccc(CN(C(=O)/C=C/c2ccc(OCc3ccccc3)cc2)C2CC2)cc1. The Balaban J connectivity index is 1.16. The quantitative estimate of drug-likeness (QED) is 0.409. The van der Waals surface area contributed by atoms with Gasteiger partial charge < -0.3 is 15.0 Å². The minimum absolute atomic E-state index is 0.00690. The zero-order valence-electron chi connectivity index (χ0n) is 19.7. The van der Waals surface area contributed by atoms with E-state index in [1.54, 1.807) is 6.08 Å². The summed E-state index contributed by atoms with van der Waals surface area (Å²) in [6, 6.07) is 26.0. The maximum atomic E-state index is 13.0. The Hall–Kier alpha value is -3.86. The summed E-state index contributed by atoms with van der Waals surface area (Å²) in [7, 11) is 0. The van der Waals surface area contributed by atoms with Crippen LogP contribution in [0.1, 0.15) is 52.7 Å². The van der Waals surface area contributed by atoms with Crippen LogP contribution in [0.3, 0.4) is 0 Å². The molecule has 0 radical (unpaired) electrons. The molecule has 0 spiro atoms. The van der Waals surface area contributed by atoms with Crippen LogP contribution in [0.4, 0.5) is 0 Å². The van der Waals surface area contributed by atoms with Gasteiger partial charge in [0.15, 0.2) is 0 Å². The van der Waals surface area contributed by atoms with E-state index in [-0.39, 0.29) is 11.8 Å². The van der Waals surface area contributed by atoms with Gasteiger partial charge in [0, 0.05) is 30.3 Å². The smallest absolute Gasteiger partial charge is 0.251 e. The summed E-state index contributed by atoms with van der Waals surface area (Å²) in [5, 5.41) is 3.01. The monoisotopic (exact) mass is 466 g/mol. The fraction of sp³-hybridized carbons (Fsp3) is 0.267. The molecule has 0 atom stereocenters. The van der Waals surface area contributed by atoms with Crippen LogP contribution in [0, 0.1) is 0 Å². The summed E-state index contributed by atoms with van der Waals surface area (Å²) in [6.07, 6.45) is 7.72. The van der Waals surface area contributed by atoms with Crippen LogP contribution in [0.15, 0.2) is 84.9 Å². The van der Waals surface area contributed by atoms with Gasteiger partial charge in [-0.3, -0.25) is 9.59 Å². The van der Waals surface area contributed by atoms with Crippen molar-refractivity contribution in [2.24, 2.45) is 0 Å². The van der Waals surface area contributed by atoms with Gasteiger partial charge in [-0.2, -0.15) is 0 Å². The summed E-state index contributed by atoms with van der Waals surface area (Å²) in [5.74, 6) is 0.784. The number of benzene rings is 3. The average molecular weight is 467 g/mol. The van der Waals surface area contributed by atoms with Gasteiger partial charge in [-0.25, -0.2) is 0 Å². The first kappa shape index (κ1) is 22.9. The molecular weight excluding hydrogens is 436 g/mol. The molecule has 0 aliphatic heterocycles. The highest BCUT2D eigenvalue weighted by atomic mass is 16.5. The van der Waals surface area contributed by atoms with E-state index in [1.165, 1.54) is 0 Å². The number of hydrogen-bond acceptors (Lipinski definition) is 3. The normalized spacial score (nSPS) is 15.1. The van der Waals surface area contributed by atoms with Gasteiger partial charge in [-0.1, -0.05) is 54.6 Å². The second-order valence-electron chi connectivity index (χ2n) is 9.32. The van der Waals surface area contributed by atoms with Crippen LogP contribution in [-0.4, -0.2) is 28.8 Å². The Morgan fingerprint density at radius 3 is 2.23 bits per heavy atom. The van der Waals surface area contributed by atoms with Crippen molar-refractivity contribution < 1.29 is 14.3 Å². The Morgan fingerprint density at radius 2 is 1.57 bits per heavy atom. The lowest BCUT2D eigenvalue weighted by Crippen LogP contribution is -2.31. The van der Waals surface area contributed by atoms with E-state index in [4.69, 9.17) is 4.74 Å². The Bertz CT molecular complexity index is 1180. The van der Waals surface area contributed by atoms with E-state index in [9.17, 15) is 9.59 Å². The zero-order chi connectivity index (χ0) is 24.0. The molecule has 2 fully saturated rings. The predicted molar refractivity (Wildman–Crippen MR) is 137 cm³/mol. The van der Waals surface area contributed by atoms with Crippen molar-refractivity contribution in [1.29, 1.82) is 0 Å². The van der Waals surface area contributed by atoms with Crippen LogP contribution in [0.25, 0.3) is 6.08 Å². The minimum atomic E-state index is -0.0198. The molecule has 0 bridgehead atoms. The van der Waals surface area contributed by atoms with Crippen molar-refractivity contribution in [3.63, 3.8) is 0 Å². The third-order valence-corrected chi connectivity index (χ3v) is 6.30. The molecule has 0 saturated heterocycles. The summed E-state index contributed by atoms with van der Waals surface area (Å²) in [4.78, 5) is 27.1. The summed E-state index contributed by atoms with van der Waals surface area (Å²) in [5.41, 5.74) is 3.77. The summed E-state index contributed by atoms with van der Waals surface area (Å²) in [6.45, 7) is 1.07. The lowest BCUT2D eigenvalue weighted by molar-refractivity contribution is -0.127. The topological polar surface area (TPSA) is 58.6 Å². The predicted octanol–water partition coefficient (Wildman–Crippen LogP) is 5.36. The first-order valence-corrected chi connectivity index (χ1v) is 12.3. The fourth-order valence-corrected chi connectivity index (χ4v) is 3.91. The van der Waals surface area contributed by atoms with Gasteiger partial charge >= 0.3 is 0 Å². The Labute approximate surface area is 206 Å². The Kier molecular flexibility index (Phi) is 6.94. The number of carbonyl (C=O) groups is 2. The van der Waals surface area contributed by atoms with Crippen LogP contribution < -0.4 is 10.1 Å². The molecule has 35 heavy (non-hydrogen) atoms. The van der Waals surface area contributed by atoms with E-state index < -0.39 is 0 Å². The molecule has 0 aromatic heterocycles. The van der Waals surface area contributed by atoms with Crippen LogP contribution in [0.2, 0.25) is 0 Å². The maximum Gasteiger partial charge on any atom is 0.251 e. The molecule has 2 saturated carbocycles. The van der Waals surface area contributed by atoms with Gasteiger partial charge in [0.25, 0.3) is 5.91 Å². The fourth-order valence-electron chi connectivity index (χ4n) is 3.91. The number of nitrogens with zero attached hydrogens (tertiary/aromatic N) is 1. The molecule has 5 nitrogen and oxygen atoms in total. The standard InChI is InChI=1S/C30H30N2O3/c33-29(19-10-22-8-17-28(18-9-22)35-21-24-4-2-1-3-5-24)32(27-15-16-27)20-23-6-11-25(12-7-23)30(34)31-26-13-14-26/h1-12,17-19,26-27H,13-16,20-21H2,(H,31,34)/b19-10+. The summed E-state index contributed by atoms with van der Waals surface area (Å²) >= 11 is 0. The summed E-state index contributed by atoms with van der Waals surface area (Å²) < 4.78 is 5.84. The van der Waals surface area contributed by atoms with Gasteiger partial charge in [0.2, 0.25) is 5.91 Å². The number of ether oxygens (including phenoxy) is 1. The highest BCUT2D eigenvalue weighted by molar-refractivity contribution is 5.94. The van der Waals surface area contributed by atoms with Crippen molar-refractivity contribution in [2.75, 3.05) is 0 Å². The van der Waals surface area contributed by atoms with Crippen molar-refractivity contribution >= 4 is 17.9 Å². The number of hydrogen-bond donors (Lipinski definition) is 1. The molecule has 0 heterocycles. The molecule has 2 amide bonds. The van der Waals surface area contributed by atoms with Crippen molar-refractivity contribution in [3.05, 3.63) is 107 Å². The van der Waals surface area contributed by atoms with Crippen LogP contribution >= 0.6 is 0 Å². The number of carbonyl (C=O) groups excluding carboxylic acids is 2. The molecule has 178 valence electrons. The molecular formula is C30H30N2O3. The van der Waals surface area contributed by atoms with Gasteiger partial charge in [-0.05, 0) is 72.7 Å². The first-order valence-electron chi connectivity index (χ1n) is 12.3. The highest BCUT2D eigenvalue weighted by Crippen LogP contribution is 2.29. The number of amides is 2. The zero-order valence-corrected chi connectivity index (χ0v) is 19.7. The lowest BCUT2D eigenvalue weighted by Gasteiger charge is -2.21. The van der Waals surface area contributed by atoms with Crippen LogP contribution in [0.5, 0.6) is 5.75 Å². The third kappa shape index (κ3) is 6.60. The molecule has 2 aliphatic carbocycles. The molecule has 3 aromatic carbocycles. The second-order valence-corrected chi connectivity index (χ2v) is 9.32. The van der Waals surface area contributed by atoms with Gasteiger partial charge in [0.05, 0.1) is 0 Å². The van der Waals surface area contributed by atoms with Crippen molar-refractivity contribution in [2.45, 2.75) is 50.9 Å². The van der Waals surface area contributed by atoms with E-state index in [1.807, 2.05) is 89.8 Å². The molecule has 1 N–H and O–H groups in total. The largest absolute Gasteiger partial charge is 0.489 e. The molecule has 5 heteroatoms. The molecule has 5 rings (SSSR count). The Morgan fingerprint density at radius 1 is 0.857 bits per heavy atom. The van der Waals surface area contributed by atoms with Crippen molar-refractivity contribution in [3.8, 4) is 5.75 Å². The molecule has 0 unspecified atom stereocenters. The minimum Gasteiger partial charge on any atom is -0.489 e. The van der Waals surface area contributed by atoms with Gasteiger partial charge in [-0.15, -0.1) is 0 Å². The molecule has 3 aromatic rings. The maximum absolute atomic E-state index is 13.0. The number of rotatable bonds is 10. The lowest BCUT2D eigenvalue weighted by atomic mass is 10.1. The van der Waals surface area contributed by atoms with E-state index >= 15 is 0 Å². The highest BCUT2D eigenvalue weighted by Gasteiger charge is 2.31. The second kappa shape index (κ2) is 10.6. The third-order valence-electron chi connectivity index (χ3n) is 6.30. The van der Waals surface area contributed by atoms with Crippen molar-refractivity contribution in [1.82, 2.24) is 10.2 Å². The van der Waals surface area contributed by atoms with Gasteiger partial charge in [0.1, 0.15) is 12.4 Å². The number of nitrogens with one attached hydrogen (secondary N) is 1. The molecule has 2 aliphatic rings. The van der Waals surface area contributed by atoms with E-state index in [0.29, 0.717) is 30.8 Å². The van der Waals surface area contributed by atoms with E-state index in [2.05, 4.69) is 5.32 Å². The van der Waals surface area contributed by atoms with E-state index in [0.717, 1.165) is 48.1 Å².